The number of nitriles is 1. The van der Waals surface area contributed by atoms with E-state index in [0.29, 0.717) is 11.6 Å². The van der Waals surface area contributed by atoms with E-state index in [2.05, 4.69) is 23.1 Å². The summed E-state index contributed by atoms with van der Waals surface area (Å²) in [6.07, 6.45) is 2.48. The lowest BCUT2D eigenvalue weighted by Gasteiger charge is -2.45. The van der Waals surface area contributed by atoms with E-state index in [4.69, 9.17) is 0 Å². The van der Waals surface area contributed by atoms with Gasteiger partial charge in [0.1, 0.15) is 0 Å². The Morgan fingerprint density at radius 1 is 0.949 bits per heavy atom. The molecule has 3 aliphatic rings. The number of nitrogens with zero attached hydrogens (tertiary/aromatic N) is 3. The molecule has 1 saturated heterocycles. The number of hydrogen-bond acceptors (Lipinski definition) is 4. The summed E-state index contributed by atoms with van der Waals surface area (Å²) in [5, 5.41) is 20.0. The molecule has 2 saturated carbocycles. The molecule has 1 amide bonds. The number of likely N-dealkylation sites (tertiary alicyclic amines) is 1. The molecular formula is C31H36F3N3O2. The largest absolute Gasteiger partial charge is 0.421 e. The summed E-state index contributed by atoms with van der Waals surface area (Å²) in [7, 11) is 0. The SMILES string of the molecule is CC(O)(c1ccc(C(=O)N(C2CC2)C2CCN(C3CCC(C#N)(c4ccccc4)CC3)CC2)cc1)C(F)(F)F. The molecule has 0 bridgehead atoms. The van der Waals surface area contributed by atoms with E-state index in [9.17, 15) is 28.3 Å². The minimum absolute atomic E-state index is 0.102. The Morgan fingerprint density at radius 3 is 2.03 bits per heavy atom. The molecule has 0 spiro atoms. The third-order valence-electron chi connectivity index (χ3n) is 9.18. The standard InChI is InChI=1S/C31H36F3N3O2/c1-29(39,31(32,33)34)23-9-7-22(8-10-23)28(38)37(26-11-12-26)27-15-19-36(20-16-27)25-13-17-30(21-35,18-14-25)24-5-3-2-4-6-24/h2-10,25-27,39H,11-20H2,1H3. The summed E-state index contributed by atoms with van der Waals surface area (Å²) >= 11 is 0. The lowest BCUT2D eigenvalue weighted by molar-refractivity contribution is -0.258. The van der Waals surface area contributed by atoms with Crippen molar-refractivity contribution in [2.45, 2.75) is 93.6 Å². The van der Waals surface area contributed by atoms with Crippen LogP contribution in [-0.4, -0.2) is 58.2 Å². The average Bonchev–Trinajstić information content (AvgIpc) is 3.79. The third kappa shape index (κ3) is 5.44. The lowest BCUT2D eigenvalue weighted by Crippen LogP contribution is -2.51. The monoisotopic (exact) mass is 539 g/mol. The molecule has 0 radical (unpaired) electrons. The number of hydrogen-bond donors (Lipinski definition) is 1. The van der Waals surface area contributed by atoms with Crippen molar-refractivity contribution in [3.05, 3.63) is 71.3 Å². The quantitative estimate of drug-likeness (QED) is 0.494. The van der Waals surface area contributed by atoms with Crippen molar-refractivity contribution < 1.29 is 23.1 Å². The van der Waals surface area contributed by atoms with Crippen LogP contribution in [0.1, 0.15) is 79.8 Å². The molecule has 5 nitrogen and oxygen atoms in total. The predicted molar refractivity (Wildman–Crippen MR) is 142 cm³/mol. The van der Waals surface area contributed by atoms with Gasteiger partial charge in [-0.25, -0.2) is 0 Å². The number of rotatable bonds is 6. The van der Waals surface area contributed by atoms with Crippen molar-refractivity contribution in [3.8, 4) is 6.07 Å². The van der Waals surface area contributed by atoms with Gasteiger partial charge in [-0.15, -0.1) is 0 Å². The minimum Gasteiger partial charge on any atom is -0.376 e. The van der Waals surface area contributed by atoms with E-state index in [-0.39, 0.29) is 23.6 Å². The molecule has 2 aromatic rings. The fourth-order valence-electron chi connectivity index (χ4n) is 6.44. The molecule has 2 aliphatic carbocycles. The molecular weight excluding hydrogens is 503 g/mol. The van der Waals surface area contributed by atoms with Gasteiger partial charge in [0, 0.05) is 36.8 Å². The molecule has 0 aromatic heterocycles. The van der Waals surface area contributed by atoms with Gasteiger partial charge in [0.2, 0.25) is 0 Å². The summed E-state index contributed by atoms with van der Waals surface area (Å²) < 4.78 is 39.7. The molecule has 1 unspecified atom stereocenters. The van der Waals surface area contributed by atoms with Gasteiger partial charge in [-0.2, -0.15) is 18.4 Å². The lowest BCUT2D eigenvalue weighted by atomic mass is 9.69. The number of aliphatic hydroxyl groups is 1. The minimum atomic E-state index is -4.80. The Hall–Kier alpha value is -2.89. The van der Waals surface area contributed by atoms with Crippen molar-refractivity contribution >= 4 is 5.91 Å². The van der Waals surface area contributed by atoms with Crippen molar-refractivity contribution in [1.82, 2.24) is 9.80 Å². The maximum atomic E-state index is 13.5. The fraction of sp³-hybridized carbons (Fsp3) is 0.548. The Balaban J connectivity index is 1.20. The molecule has 1 atom stereocenters. The molecule has 1 heterocycles. The zero-order valence-electron chi connectivity index (χ0n) is 22.3. The van der Waals surface area contributed by atoms with E-state index in [1.165, 1.54) is 24.3 Å². The van der Waals surface area contributed by atoms with Gasteiger partial charge < -0.3 is 14.9 Å². The van der Waals surface area contributed by atoms with Crippen LogP contribution >= 0.6 is 0 Å². The molecule has 8 heteroatoms. The number of piperidine rings is 1. The first-order valence-electron chi connectivity index (χ1n) is 14.0. The van der Waals surface area contributed by atoms with Gasteiger partial charge in [-0.05, 0) is 81.5 Å². The summed E-state index contributed by atoms with van der Waals surface area (Å²) in [5.41, 5.74) is -2.19. The van der Waals surface area contributed by atoms with Crippen molar-refractivity contribution in [2.75, 3.05) is 13.1 Å². The molecule has 1 N–H and O–H groups in total. The van der Waals surface area contributed by atoms with E-state index >= 15 is 0 Å². The summed E-state index contributed by atoms with van der Waals surface area (Å²) in [6.45, 7) is 2.51. The molecule has 208 valence electrons. The van der Waals surface area contributed by atoms with Gasteiger partial charge in [0.05, 0.1) is 11.5 Å². The van der Waals surface area contributed by atoms with Gasteiger partial charge >= 0.3 is 6.18 Å². The van der Waals surface area contributed by atoms with Crippen LogP contribution in [0.15, 0.2) is 54.6 Å². The second-order valence-corrected chi connectivity index (χ2v) is 11.6. The molecule has 5 rings (SSSR count). The van der Waals surface area contributed by atoms with Crippen molar-refractivity contribution in [3.63, 3.8) is 0 Å². The smallest absolute Gasteiger partial charge is 0.376 e. The summed E-state index contributed by atoms with van der Waals surface area (Å²) in [4.78, 5) is 18.0. The van der Waals surface area contributed by atoms with Crippen LogP contribution in [0, 0.1) is 11.3 Å². The number of benzene rings is 2. The Labute approximate surface area is 228 Å². The number of alkyl halides is 3. The van der Waals surface area contributed by atoms with Gasteiger partial charge in [0.15, 0.2) is 5.60 Å². The number of amides is 1. The van der Waals surface area contributed by atoms with E-state index in [1.807, 2.05) is 23.1 Å². The summed E-state index contributed by atoms with van der Waals surface area (Å²) in [6, 6.07) is 18.6. The van der Waals surface area contributed by atoms with Crippen LogP contribution in [0.5, 0.6) is 0 Å². The fourth-order valence-corrected chi connectivity index (χ4v) is 6.44. The second-order valence-electron chi connectivity index (χ2n) is 11.6. The first kappa shape index (κ1) is 27.7. The zero-order chi connectivity index (χ0) is 27.8. The zero-order valence-corrected chi connectivity index (χ0v) is 22.3. The van der Waals surface area contributed by atoms with Gasteiger partial charge in [-0.1, -0.05) is 42.5 Å². The van der Waals surface area contributed by atoms with E-state index in [1.54, 1.807) is 0 Å². The average molecular weight is 540 g/mol. The third-order valence-corrected chi connectivity index (χ3v) is 9.18. The van der Waals surface area contributed by atoms with Crippen LogP contribution in [0.4, 0.5) is 13.2 Å². The van der Waals surface area contributed by atoms with Crippen LogP contribution in [0.3, 0.4) is 0 Å². The van der Waals surface area contributed by atoms with Crippen molar-refractivity contribution in [2.24, 2.45) is 0 Å². The van der Waals surface area contributed by atoms with Crippen LogP contribution in [0.25, 0.3) is 0 Å². The second kappa shape index (κ2) is 10.6. The Morgan fingerprint density at radius 2 is 1.51 bits per heavy atom. The summed E-state index contributed by atoms with van der Waals surface area (Å²) in [5.74, 6) is -0.145. The maximum absolute atomic E-state index is 13.5. The molecule has 3 fully saturated rings. The van der Waals surface area contributed by atoms with Gasteiger partial charge in [0.25, 0.3) is 5.91 Å². The molecule has 2 aromatic carbocycles. The van der Waals surface area contributed by atoms with Crippen LogP contribution in [0.2, 0.25) is 0 Å². The number of carbonyl (C=O) groups excluding carboxylic acids is 1. The maximum Gasteiger partial charge on any atom is 0.421 e. The van der Waals surface area contributed by atoms with Gasteiger partial charge in [-0.3, -0.25) is 4.79 Å². The predicted octanol–water partition coefficient (Wildman–Crippen LogP) is 5.93. The van der Waals surface area contributed by atoms with Crippen molar-refractivity contribution in [1.29, 1.82) is 5.26 Å². The van der Waals surface area contributed by atoms with Crippen LogP contribution < -0.4 is 0 Å². The topological polar surface area (TPSA) is 67.6 Å². The highest BCUT2D eigenvalue weighted by atomic mass is 19.4. The molecule has 39 heavy (non-hydrogen) atoms. The highest BCUT2D eigenvalue weighted by Crippen LogP contribution is 2.42. The van der Waals surface area contributed by atoms with E-state index < -0.39 is 17.2 Å². The molecule has 1 aliphatic heterocycles. The highest BCUT2D eigenvalue weighted by molar-refractivity contribution is 5.95. The first-order chi connectivity index (χ1) is 18.6. The number of carbonyl (C=O) groups is 1. The van der Waals surface area contributed by atoms with Crippen LogP contribution in [-0.2, 0) is 11.0 Å². The Kier molecular flexibility index (Phi) is 7.51. The highest BCUT2D eigenvalue weighted by Gasteiger charge is 2.51. The Bertz CT molecular complexity index is 1190. The normalized spacial score (nSPS) is 26.4. The number of halogens is 3. The first-order valence-corrected chi connectivity index (χ1v) is 14.0. The van der Waals surface area contributed by atoms with E-state index in [0.717, 1.165) is 76.9 Å².